The van der Waals surface area contributed by atoms with E-state index in [-0.39, 0.29) is 24.6 Å². The molecule has 0 spiro atoms. The summed E-state index contributed by atoms with van der Waals surface area (Å²) < 4.78 is 27.1. The summed E-state index contributed by atoms with van der Waals surface area (Å²) in [5.41, 5.74) is 1.42. The van der Waals surface area contributed by atoms with Gasteiger partial charge in [-0.15, -0.1) is 0 Å². The second-order valence-corrected chi connectivity index (χ2v) is 7.48. The number of benzene rings is 2. The molecular weight excluding hydrogens is 326 g/mol. The maximum Gasteiger partial charge on any atom is 0.243 e. The highest BCUT2D eigenvalue weighted by Crippen LogP contribution is 2.23. The Bertz CT molecular complexity index is 747. The normalized spacial score (nSPS) is 13.2. The molecule has 0 saturated heterocycles. The average molecular weight is 349 g/mol. The third-order valence-corrected chi connectivity index (χ3v) is 5.66. The fourth-order valence-electron chi connectivity index (χ4n) is 2.45. The zero-order chi connectivity index (χ0) is 17.6. The molecule has 0 aromatic heterocycles. The van der Waals surface area contributed by atoms with Crippen molar-refractivity contribution in [1.29, 1.82) is 0 Å². The minimum absolute atomic E-state index is 0.0117. The standard InChI is InChI=1S/C18H23NO4S/c1-2-18(21)16-9-6-10-17(13-16)24(22,23)19(11-12-20)14-15-7-4-3-5-8-15/h3-10,13,18,20-21H,2,11-12,14H2,1H3. The Morgan fingerprint density at radius 3 is 2.42 bits per heavy atom. The number of aliphatic hydroxyl groups excluding tert-OH is 2. The zero-order valence-electron chi connectivity index (χ0n) is 13.7. The Hall–Kier alpha value is -1.73. The molecule has 6 heteroatoms. The molecule has 0 amide bonds. The van der Waals surface area contributed by atoms with E-state index in [1.54, 1.807) is 12.1 Å². The van der Waals surface area contributed by atoms with Gasteiger partial charge in [0.25, 0.3) is 0 Å². The van der Waals surface area contributed by atoms with Crippen molar-refractivity contribution < 1.29 is 18.6 Å². The fourth-order valence-corrected chi connectivity index (χ4v) is 3.92. The van der Waals surface area contributed by atoms with Crippen molar-refractivity contribution in [2.24, 2.45) is 0 Å². The lowest BCUT2D eigenvalue weighted by molar-refractivity contribution is 0.173. The molecule has 0 aliphatic rings. The van der Waals surface area contributed by atoms with E-state index in [0.29, 0.717) is 12.0 Å². The van der Waals surface area contributed by atoms with Gasteiger partial charge in [-0.3, -0.25) is 0 Å². The van der Waals surface area contributed by atoms with E-state index in [0.717, 1.165) is 5.56 Å². The van der Waals surface area contributed by atoms with Gasteiger partial charge in [0, 0.05) is 13.1 Å². The van der Waals surface area contributed by atoms with Gasteiger partial charge in [-0.2, -0.15) is 4.31 Å². The highest BCUT2D eigenvalue weighted by atomic mass is 32.2. The number of rotatable bonds is 8. The van der Waals surface area contributed by atoms with Crippen LogP contribution in [-0.2, 0) is 16.6 Å². The summed E-state index contributed by atoms with van der Waals surface area (Å²) in [6.45, 7) is 1.77. The predicted molar refractivity (Wildman–Crippen MR) is 92.8 cm³/mol. The number of sulfonamides is 1. The van der Waals surface area contributed by atoms with Crippen LogP contribution in [0.4, 0.5) is 0 Å². The van der Waals surface area contributed by atoms with Crippen LogP contribution in [0, 0.1) is 0 Å². The maximum absolute atomic E-state index is 12.9. The zero-order valence-corrected chi connectivity index (χ0v) is 14.5. The van der Waals surface area contributed by atoms with Crippen LogP contribution in [0.3, 0.4) is 0 Å². The van der Waals surface area contributed by atoms with Gasteiger partial charge in [-0.25, -0.2) is 8.42 Å². The van der Waals surface area contributed by atoms with E-state index in [1.807, 2.05) is 37.3 Å². The highest BCUT2D eigenvalue weighted by Gasteiger charge is 2.25. The van der Waals surface area contributed by atoms with E-state index in [2.05, 4.69) is 0 Å². The van der Waals surface area contributed by atoms with Crippen LogP contribution in [0.15, 0.2) is 59.5 Å². The number of hydrogen-bond donors (Lipinski definition) is 2. The lowest BCUT2D eigenvalue weighted by atomic mass is 10.1. The summed E-state index contributed by atoms with van der Waals surface area (Å²) in [5.74, 6) is 0. The molecule has 0 bridgehead atoms. The molecule has 0 heterocycles. The van der Waals surface area contributed by atoms with Crippen molar-refractivity contribution in [2.45, 2.75) is 30.9 Å². The van der Waals surface area contributed by atoms with E-state index in [9.17, 15) is 18.6 Å². The predicted octanol–water partition coefficient (Wildman–Crippen LogP) is 2.31. The third kappa shape index (κ3) is 4.42. The Morgan fingerprint density at radius 1 is 1.08 bits per heavy atom. The van der Waals surface area contributed by atoms with Crippen molar-refractivity contribution in [2.75, 3.05) is 13.2 Å². The van der Waals surface area contributed by atoms with E-state index in [1.165, 1.54) is 16.4 Å². The highest BCUT2D eigenvalue weighted by molar-refractivity contribution is 7.89. The molecule has 0 saturated carbocycles. The summed E-state index contributed by atoms with van der Waals surface area (Å²) in [4.78, 5) is 0.122. The monoisotopic (exact) mass is 349 g/mol. The molecule has 2 aromatic rings. The van der Waals surface area contributed by atoms with Gasteiger partial charge in [0.05, 0.1) is 17.6 Å². The lowest BCUT2D eigenvalue weighted by Crippen LogP contribution is -2.33. The largest absolute Gasteiger partial charge is 0.395 e. The van der Waals surface area contributed by atoms with Crippen LogP contribution < -0.4 is 0 Å². The van der Waals surface area contributed by atoms with Crippen molar-refractivity contribution in [3.8, 4) is 0 Å². The minimum atomic E-state index is -3.76. The molecule has 1 unspecified atom stereocenters. The fraction of sp³-hybridized carbons (Fsp3) is 0.333. The molecule has 0 aliphatic heterocycles. The maximum atomic E-state index is 12.9. The first-order valence-corrected chi connectivity index (χ1v) is 9.36. The lowest BCUT2D eigenvalue weighted by Gasteiger charge is -2.22. The molecule has 0 aliphatic carbocycles. The van der Waals surface area contributed by atoms with Crippen molar-refractivity contribution in [1.82, 2.24) is 4.31 Å². The van der Waals surface area contributed by atoms with Crippen molar-refractivity contribution in [3.05, 3.63) is 65.7 Å². The molecule has 0 radical (unpaired) electrons. The molecule has 2 aromatic carbocycles. The second kappa shape index (κ2) is 8.39. The van der Waals surface area contributed by atoms with Crippen LogP contribution in [0.25, 0.3) is 0 Å². The SMILES string of the molecule is CCC(O)c1cccc(S(=O)(=O)N(CCO)Cc2ccccc2)c1. The van der Waals surface area contributed by atoms with Crippen molar-refractivity contribution in [3.63, 3.8) is 0 Å². The summed E-state index contributed by atoms with van der Waals surface area (Å²) >= 11 is 0. The summed E-state index contributed by atoms with van der Waals surface area (Å²) in [5, 5.41) is 19.2. The first-order chi connectivity index (χ1) is 11.5. The van der Waals surface area contributed by atoms with Gasteiger partial charge in [0.1, 0.15) is 0 Å². The molecule has 1 atom stereocenters. The van der Waals surface area contributed by atoms with Crippen LogP contribution >= 0.6 is 0 Å². The molecular formula is C18H23NO4S. The second-order valence-electron chi connectivity index (χ2n) is 5.54. The van der Waals surface area contributed by atoms with Crippen LogP contribution in [0.5, 0.6) is 0 Å². The first-order valence-electron chi connectivity index (χ1n) is 7.92. The van der Waals surface area contributed by atoms with Gasteiger partial charge in [0.2, 0.25) is 10.0 Å². The molecule has 0 fully saturated rings. The Morgan fingerprint density at radius 2 is 1.79 bits per heavy atom. The van der Waals surface area contributed by atoms with Gasteiger partial charge in [-0.1, -0.05) is 49.4 Å². The van der Waals surface area contributed by atoms with Crippen molar-refractivity contribution >= 4 is 10.0 Å². The minimum Gasteiger partial charge on any atom is -0.395 e. The summed E-state index contributed by atoms with van der Waals surface area (Å²) in [7, 11) is -3.76. The number of nitrogens with zero attached hydrogens (tertiary/aromatic N) is 1. The van der Waals surface area contributed by atoms with Crippen LogP contribution in [-0.4, -0.2) is 36.1 Å². The Labute approximate surface area is 143 Å². The van der Waals surface area contributed by atoms with E-state index >= 15 is 0 Å². The first kappa shape index (κ1) is 18.6. The van der Waals surface area contributed by atoms with Gasteiger partial charge in [-0.05, 0) is 29.7 Å². The van der Waals surface area contributed by atoms with Gasteiger partial charge < -0.3 is 10.2 Å². The Balaban J connectivity index is 2.34. The van der Waals surface area contributed by atoms with Crippen LogP contribution in [0.2, 0.25) is 0 Å². The molecule has 2 rings (SSSR count). The molecule has 24 heavy (non-hydrogen) atoms. The number of hydrogen-bond acceptors (Lipinski definition) is 4. The van der Waals surface area contributed by atoms with Crippen LogP contribution in [0.1, 0.15) is 30.6 Å². The smallest absolute Gasteiger partial charge is 0.243 e. The van der Waals surface area contributed by atoms with E-state index < -0.39 is 16.1 Å². The van der Waals surface area contributed by atoms with Gasteiger partial charge >= 0.3 is 0 Å². The van der Waals surface area contributed by atoms with E-state index in [4.69, 9.17) is 0 Å². The molecule has 2 N–H and O–H groups in total. The molecule has 130 valence electrons. The summed E-state index contributed by atoms with van der Waals surface area (Å²) in [6, 6.07) is 15.6. The molecule has 5 nitrogen and oxygen atoms in total. The number of aliphatic hydroxyl groups is 2. The Kier molecular flexibility index (Phi) is 6.51. The average Bonchev–Trinajstić information content (AvgIpc) is 2.61. The quantitative estimate of drug-likeness (QED) is 0.767. The summed E-state index contributed by atoms with van der Waals surface area (Å²) in [6.07, 6.45) is -0.186. The van der Waals surface area contributed by atoms with Gasteiger partial charge in [0.15, 0.2) is 0 Å². The third-order valence-electron chi connectivity index (χ3n) is 3.82. The topological polar surface area (TPSA) is 77.8 Å².